The van der Waals surface area contributed by atoms with Crippen LogP contribution in [0.4, 0.5) is 8.78 Å². The second kappa shape index (κ2) is 5.48. The van der Waals surface area contributed by atoms with Gasteiger partial charge < -0.3 is 5.32 Å². The van der Waals surface area contributed by atoms with E-state index in [-0.39, 0.29) is 11.7 Å². The second-order valence-electron chi connectivity index (χ2n) is 5.29. The maximum absolute atomic E-state index is 13.4. The number of carbonyl (C=O) groups excluding carboxylic acids is 1. The number of nitrogens with zero attached hydrogens (tertiary/aromatic N) is 4. The van der Waals surface area contributed by atoms with Crippen molar-refractivity contribution in [3.63, 3.8) is 0 Å². The molecule has 1 aliphatic rings. The molecule has 2 aromatic heterocycles. The fourth-order valence-corrected chi connectivity index (χ4v) is 2.54. The van der Waals surface area contributed by atoms with Gasteiger partial charge >= 0.3 is 0 Å². The van der Waals surface area contributed by atoms with E-state index in [0.29, 0.717) is 35.7 Å². The molecule has 6 nitrogen and oxygen atoms in total. The molecule has 0 aliphatic carbocycles. The van der Waals surface area contributed by atoms with Crippen LogP contribution in [0.2, 0.25) is 0 Å². The smallest absolute Gasteiger partial charge is 0.269 e. The Labute approximate surface area is 135 Å². The lowest BCUT2D eigenvalue weighted by atomic mass is 10.2. The number of aromatic nitrogens is 4. The zero-order valence-corrected chi connectivity index (χ0v) is 12.3. The summed E-state index contributed by atoms with van der Waals surface area (Å²) in [7, 11) is 0. The predicted molar refractivity (Wildman–Crippen MR) is 80.9 cm³/mol. The molecule has 24 heavy (non-hydrogen) atoms. The fraction of sp³-hybridized carbons (Fsp3) is 0.125. The molecule has 0 bridgehead atoms. The molecule has 3 heterocycles. The molecule has 1 N–H and O–H groups in total. The van der Waals surface area contributed by atoms with Crippen molar-refractivity contribution in [3.05, 3.63) is 53.9 Å². The van der Waals surface area contributed by atoms with Crippen LogP contribution in [0.1, 0.15) is 10.5 Å². The molecule has 0 saturated heterocycles. The van der Waals surface area contributed by atoms with E-state index < -0.39 is 11.6 Å². The zero-order valence-electron chi connectivity index (χ0n) is 12.3. The Morgan fingerprint density at radius 1 is 1.08 bits per heavy atom. The minimum absolute atomic E-state index is 0.185. The first-order chi connectivity index (χ1) is 11.6. The van der Waals surface area contributed by atoms with E-state index in [2.05, 4.69) is 20.4 Å². The van der Waals surface area contributed by atoms with Gasteiger partial charge in [-0.3, -0.25) is 9.48 Å². The molecular formula is C16H11F2N5O. The molecule has 0 atom stereocenters. The van der Waals surface area contributed by atoms with Crippen LogP contribution >= 0.6 is 0 Å². The lowest BCUT2D eigenvalue weighted by molar-refractivity contribution is 0.0924. The molecule has 3 aromatic rings. The lowest BCUT2D eigenvalue weighted by Crippen LogP contribution is -2.35. The quantitative estimate of drug-likeness (QED) is 0.782. The Morgan fingerprint density at radius 3 is 2.75 bits per heavy atom. The monoisotopic (exact) mass is 327 g/mol. The number of benzene rings is 1. The summed E-state index contributed by atoms with van der Waals surface area (Å²) in [5.41, 5.74) is 1.84. The molecule has 0 unspecified atom stereocenters. The summed E-state index contributed by atoms with van der Waals surface area (Å²) in [5, 5.41) is 7.11. The number of nitrogens with one attached hydrogen (secondary N) is 1. The van der Waals surface area contributed by atoms with Gasteiger partial charge in [0.25, 0.3) is 5.91 Å². The minimum Gasteiger partial charge on any atom is -0.349 e. The van der Waals surface area contributed by atoms with Gasteiger partial charge in [0.15, 0.2) is 17.5 Å². The molecule has 1 aromatic carbocycles. The molecule has 0 fully saturated rings. The number of fused-ring (bicyclic) bond motifs is 1. The van der Waals surface area contributed by atoms with Gasteiger partial charge in [-0.05, 0) is 30.3 Å². The molecule has 0 radical (unpaired) electrons. The molecule has 120 valence electrons. The van der Waals surface area contributed by atoms with E-state index in [1.54, 1.807) is 16.8 Å². The van der Waals surface area contributed by atoms with Gasteiger partial charge in [0, 0.05) is 18.3 Å². The van der Waals surface area contributed by atoms with E-state index in [4.69, 9.17) is 0 Å². The molecule has 1 aliphatic heterocycles. The van der Waals surface area contributed by atoms with Crippen molar-refractivity contribution in [2.75, 3.05) is 6.54 Å². The first-order valence-corrected chi connectivity index (χ1v) is 7.27. The van der Waals surface area contributed by atoms with Crippen LogP contribution in [0.3, 0.4) is 0 Å². The minimum atomic E-state index is -0.962. The Balaban J connectivity index is 1.75. The van der Waals surface area contributed by atoms with Crippen molar-refractivity contribution in [1.82, 2.24) is 25.1 Å². The number of rotatable bonds is 2. The third-order valence-corrected chi connectivity index (χ3v) is 3.72. The first-order valence-electron chi connectivity index (χ1n) is 7.27. The average Bonchev–Trinajstić information content (AvgIpc) is 3.03. The van der Waals surface area contributed by atoms with Crippen LogP contribution in [-0.2, 0) is 6.54 Å². The van der Waals surface area contributed by atoms with E-state index in [9.17, 15) is 13.6 Å². The van der Waals surface area contributed by atoms with Gasteiger partial charge in [-0.15, -0.1) is 0 Å². The predicted octanol–water partition coefficient (Wildman–Crippen LogP) is 2.03. The number of carbonyl (C=O) groups is 1. The summed E-state index contributed by atoms with van der Waals surface area (Å²) in [6.07, 6.45) is 1.51. The van der Waals surface area contributed by atoms with Crippen LogP contribution in [0, 0.1) is 11.6 Å². The van der Waals surface area contributed by atoms with E-state index in [0.717, 1.165) is 12.1 Å². The van der Waals surface area contributed by atoms with Crippen LogP contribution in [0.15, 0.2) is 36.5 Å². The standard InChI is InChI=1S/C16H11F2N5O/c17-10-2-1-9(7-11(10)18)15-19-4-3-12(21-15)13-8-14-16(24)20-5-6-23(14)22-13/h1-4,7-8H,5-6H2,(H,20,24). The SMILES string of the molecule is O=C1NCCn2nc(-c3ccnc(-c4ccc(F)c(F)c4)n3)cc21. The number of amides is 1. The normalized spacial score (nSPS) is 13.5. The molecule has 4 rings (SSSR count). The first kappa shape index (κ1) is 14.4. The average molecular weight is 327 g/mol. The van der Waals surface area contributed by atoms with Gasteiger partial charge in [-0.2, -0.15) is 5.10 Å². The van der Waals surface area contributed by atoms with Gasteiger partial charge in [0.2, 0.25) is 0 Å². The summed E-state index contributed by atoms with van der Waals surface area (Å²) in [4.78, 5) is 20.2. The van der Waals surface area contributed by atoms with E-state index >= 15 is 0 Å². The van der Waals surface area contributed by atoms with Crippen molar-refractivity contribution in [1.29, 1.82) is 0 Å². The highest BCUT2D eigenvalue weighted by Crippen LogP contribution is 2.22. The maximum atomic E-state index is 13.4. The maximum Gasteiger partial charge on any atom is 0.269 e. The topological polar surface area (TPSA) is 72.7 Å². The highest BCUT2D eigenvalue weighted by atomic mass is 19.2. The summed E-state index contributed by atoms with van der Waals surface area (Å²) in [6, 6.07) is 6.77. The van der Waals surface area contributed by atoms with Crippen LogP contribution in [0.5, 0.6) is 0 Å². The van der Waals surface area contributed by atoms with Gasteiger partial charge in [0.1, 0.15) is 11.4 Å². The number of hydrogen-bond donors (Lipinski definition) is 1. The van der Waals surface area contributed by atoms with Crippen molar-refractivity contribution in [2.24, 2.45) is 0 Å². The Kier molecular flexibility index (Phi) is 3.30. The Morgan fingerprint density at radius 2 is 1.96 bits per heavy atom. The van der Waals surface area contributed by atoms with Gasteiger partial charge in [-0.1, -0.05) is 0 Å². The molecular weight excluding hydrogens is 316 g/mol. The van der Waals surface area contributed by atoms with Crippen molar-refractivity contribution < 1.29 is 13.6 Å². The Bertz CT molecular complexity index is 953. The van der Waals surface area contributed by atoms with E-state index in [1.165, 1.54) is 12.3 Å². The summed E-state index contributed by atoms with van der Waals surface area (Å²) < 4.78 is 28.1. The van der Waals surface area contributed by atoms with Gasteiger partial charge in [-0.25, -0.2) is 18.7 Å². The third-order valence-electron chi connectivity index (χ3n) is 3.72. The largest absolute Gasteiger partial charge is 0.349 e. The van der Waals surface area contributed by atoms with Crippen LogP contribution < -0.4 is 5.32 Å². The number of hydrogen-bond acceptors (Lipinski definition) is 4. The Hall–Kier alpha value is -3.16. The third kappa shape index (κ3) is 2.41. The highest BCUT2D eigenvalue weighted by molar-refractivity contribution is 5.94. The fourth-order valence-electron chi connectivity index (χ4n) is 2.54. The van der Waals surface area contributed by atoms with Crippen molar-refractivity contribution >= 4 is 5.91 Å². The van der Waals surface area contributed by atoms with Crippen molar-refractivity contribution in [2.45, 2.75) is 6.54 Å². The van der Waals surface area contributed by atoms with Crippen molar-refractivity contribution in [3.8, 4) is 22.8 Å². The number of halogens is 2. The highest BCUT2D eigenvalue weighted by Gasteiger charge is 2.20. The van der Waals surface area contributed by atoms with Gasteiger partial charge in [0.05, 0.1) is 12.2 Å². The van der Waals surface area contributed by atoms with Crippen LogP contribution in [-0.4, -0.2) is 32.2 Å². The zero-order chi connectivity index (χ0) is 16.7. The van der Waals surface area contributed by atoms with E-state index in [1.807, 2.05) is 0 Å². The summed E-state index contributed by atoms with van der Waals surface area (Å²) in [6.45, 7) is 1.11. The second-order valence-corrected chi connectivity index (χ2v) is 5.29. The lowest BCUT2D eigenvalue weighted by Gasteiger charge is -2.13. The summed E-state index contributed by atoms with van der Waals surface area (Å²) >= 11 is 0. The molecule has 1 amide bonds. The molecule has 8 heteroatoms. The molecule has 0 spiro atoms. The van der Waals surface area contributed by atoms with Crippen LogP contribution in [0.25, 0.3) is 22.8 Å². The molecule has 0 saturated carbocycles. The summed E-state index contributed by atoms with van der Waals surface area (Å²) in [5.74, 6) is -1.82.